The number of carbonyl (C=O) groups excluding carboxylic acids is 1. The van der Waals surface area contributed by atoms with Gasteiger partial charge in [-0.1, -0.05) is 6.07 Å². The van der Waals surface area contributed by atoms with E-state index in [2.05, 4.69) is 10.4 Å². The van der Waals surface area contributed by atoms with Crippen LogP contribution >= 0.6 is 11.3 Å². The molecule has 2 aromatic rings. The van der Waals surface area contributed by atoms with Crippen LogP contribution in [-0.2, 0) is 7.05 Å². The second-order valence-corrected chi connectivity index (χ2v) is 4.93. The van der Waals surface area contributed by atoms with Crippen LogP contribution in [0.2, 0.25) is 0 Å². The van der Waals surface area contributed by atoms with Crippen LogP contribution < -0.4 is 5.32 Å². The monoisotopic (exact) mass is 249 g/mol. The summed E-state index contributed by atoms with van der Waals surface area (Å²) in [6.45, 7) is 3.96. The summed E-state index contributed by atoms with van der Waals surface area (Å²) in [6.07, 6.45) is 1.80. The zero-order chi connectivity index (χ0) is 12.4. The molecule has 17 heavy (non-hydrogen) atoms. The van der Waals surface area contributed by atoms with Crippen LogP contribution in [0.15, 0.2) is 23.7 Å². The van der Waals surface area contributed by atoms with Crippen LogP contribution in [0, 0.1) is 6.92 Å². The van der Waals surface area contributed by atoms with Crippen molar-refractivity contribution in [3.63, 3.8) is 0 Å². The summed E-state index contributed by atoms with van der Waals surface area (Å²) >= 11 is 1.44. The zero-order valence-corrected chi connectivity index (χ0v) is 10.9. The van der Waals surface area contributed by atoms with E-state index in [1.807, 2.05) is 43.1 Å². The lowest BCUT2D eigenvalue weighted by molar-refractivity contribution is 0.0944. The number of hydrogen-bond donors (Lipinski definition) is 1. The highest BCUT2D eigenvalue weighted by atomic mass is 32.1. The quantitative estimate of drug-likeness (QED) is 0.907. The predicted molar refractivity (Wildman–Crippen MR) is 68.1 cm³/mol. The van der Waals surface area contributed by atoms with Gasteiger partial charge in [-0.15, -0.1) is 11.3 Å². The molecule has 0 aromatic carbocycles. The molecule has 0 spiro atoms. The van der Waals surface area contributed by atoms with E-state index in [9.17, 15) is 4.79 Å². The number of aromatic nitrogens is 2. The Bertz CT molecular complexity index is 516. The highest BCUT2D eigenvalue weighted by molar-refractivity contribution is 7.12. The molecule has 1 atom stereocenters. The second-order valence-electron chi connectivity index (χ2n) is 3.98. The van der Waals surface area contributed by atoms with Crippen LogP contribution in [0.1, 0.15) is 33.9 Å². The van der Waals surface area contributed by atoms with Gasteiger partial charge in [0.2, 0.25) is 0 Å². The minimum Gasteiger partial charge on any atom is -0.345 e. The lowest BCUT2D eigenvalue weighted by Crippen LogP contribution is -2.26. The van der Waals surface area contributed by atoms with Crippen molar-refractivity contribution < 1.29 is 4.79 Å². The number of hydrogen-bond acceptors (Lipinski definition) is 3. The van der Waals surface area contributed by atoms with Crippen LogP contribution in [-0.4, -0.2) is 15.7 Å². The van der Waals surface area contributed by atoms with E-state index >= 15 is 0 Å². The number of carbonyl (C=O) groups is 1. The van der Waals surface area contributed by atoms with Gasteiger partial charge in [0, 0.05) is 18.3 Å². The third-order valence-corrected chi connectivity index (χ3v) is 3.70. The minimum atomic E-state index is -0.0317. The van der Waals surface area contributed by atoms with Gasteiger partial charge in [0.25, 0.3) is 5.91 Å². The van der Waals surface area contributed by atoms with Gasteiger partial charge in [-0.25, -0.2) is 0 Å². The molecule has 5 heteroatoms. The molecule has 0 radical (unpaired) electrons. The number of aryl methyl sites for hydroxylation is 1. The first-order valence-corrected chi connectivity index (χ1v) is 6.30. The maximum atomic E-state index is 11.9. The smallest absolute Gasteiger partial charge is 0.261 e. The van der Waals surface area contributed by atoms with E-state index in [1.165, 1.54) is 11.3 Å². The van der Waals surface area contributed by atoms with Gasteiger partial charge >= 0.3 is 0 Å². The van der Waals surface area contributed by atoms with Crippen molar-refractivity contribution in [3.05, 3.63) is 39.8 Å². The van der Waals surface area contributed by atoms with Gasteiger partial charge in [-0.05, 0) is 25.3 Å². The molecule has 0 aliphatic carbocycles. The third-order valence-electron chi connectivity index (χ3n) is 2.83. The highest BCUT2D eigenvalue weighted by Gasteiger charge is 2.15. The summed E-state index contributed by atoms with van der Waals surface area (Å²) in [4.78, 5) is 12.6. The summed E-state index contributed by atoms with van der Waals surface area (Å²) in [6, 6.07) is 3.67. The molecule has 0 bridgehead atoms. The van der Waals surface area contributed by atoms with Crippen molar-refractivity contribution in [1.29, 1.82) is 0 Å². The molecule has 2 rings (SSSR count). The number of amides is 1. The summed E-state index contributed by atoms with van der Waals surface area (Å²) in [7, 11) is 1.90. The summed E-state index contributed by atoms with van der Waals surface area (Å²) in [5.41, 5.74) is 2.13. The number of rotatable bonds is 3. The fourth-order valence-corrected chi connectivity index (χ4v) is 2.32. The Labute approximate surface area is 104 Å². The first-order valence-electron chi connectivity index (χ1n) is 5.42. The zero-order valence-electron chi connectivity index (χ0n) is 10.1. The van der Waals surface area contributed by atoms with Gasteiger partial charge in [-0.2, -0.15) is 5.10 Å². The van der Waals surface area contributed by atoms with E-state index in [1.54, 1.807) is 6.20 Å². The summed E-state index contributed by atoms with van der Waals surface area (Å²) < 4.78 is 1.81. The molecule has 2 heterocycles. The van der Waals surface area contributed by atoms with Crippen molar-refractivity contribution in [2.24, 2.45) is 7.05 Å². The fraction of sp³-hybridized carbons (Fsp3) is 0.333. The van der Waals surface area contributed by atoms with Gasteiger partial charge in [0.05, 0.1) is 17.1 Å². The molecule has 0 aliphatic heterocycles. The lowest BCUT2D eigenvalue weighted by Gasteiger charge is -2.12. The van der Waals surface area contributed by atoms with Crippen LogP contribution in [0.25, 0.3) is 0 Å². The maximum Gasteiger partial charge on any atom is 0.261 e. The average molecular weight is 249 g/mol. The van der Waals surface area contributed by atoms with Gasteiger partial charge in [0.15, 0.2) is 0 Å². The number of nitrogens with zero attached hydrogens (tertiary/aromatic N) is 2. The molecule has 1 amide bonds. The van der Waals surface area contributed by atoms with Crippen LogP contribution in [0.5, 0.6) is 0 Å². The lowest BCUT2D eigenvalue weighted by atomic mass is 10.1. The largest absolute Gasteiger partial charge is 0.345 e. The fourth-order valence-electron chi connectivity index (χ4n) is 1.69. The standard InChI is InChI=1S/C12H15N3OS/c1-8(10-7-13-15(3)9(10)2)14-12(16)11-5-4-6-17-11/h4-8H,1-3H3,(H,14,16)/t8-/m1/s1. The Balaban J connectivity index is 2.10. The van der Waals surface area contributed by atoms with Crippen molar-refractivity contribution in [2.45, 2.75) is 19.9 Å². The van der Waals surface area contributed by atoms with Crippen LogP contribution in [0.4, 0.5) is 0 Å². The maximum absolute atomic E-state index is 11.9. The van der Waals surface area contributed by atoms with Gasteiger partial charge in [0.1, 0.15) is 0 Å². The molecule has 4 nitrogen and oxygen atoms in total. The Kier molecular flexibility index (Phi) is 3.28. The molecule has 90 valence electrons. The molecular weight excluding hydrogens is 234 g/mol. The van der Waals surface area contributed by atoms with E-state index < -0.39 is 0 Å². The number of nitrogens with one attached hydrogen (secondary N) is 1. The molecule has 0 aliphatic rings. The Morgan fingerprint density at radius 2 is 2.35 bits per heavy atom. The third kappa shape index (κ3) is 2.39. The van der Waals surface area contributed by atoms with Crippen molar-refractivity contribution in [2.75, 3.05) is 0 Å². The molecule has 0 saturated carbocycles. The SMILES string of the molecule is Cc1c([C@@H](C)NC(=O)c2cccs2)cnn1C. The van der Waals surface area contributed by atoms with Gasteiger partial charge in [-0.3, -0.25) is 9.48 Å². The first kappa shape index (κ1) is 11.9. The molecule has 2 aromatic heterocycles. The second kappa shape index (κ2) is 4.71. The van der Waals surface area contributed by atoms with Crippen molar-refractivity contribution in [3.8, 4) is 0 Å². The average Bonchev–Trinajstić information content (AvgIpc) is 2.90. The van der Waals surface area contributed by atoms with Crippen molar-refractivity contribution in [1.82, 2.24) is 15.1 Å². The minimum absolute atomic E-state index is 0.0294. The molecular formula is C12H15N3OS. The Hall–Kier alpha value is -1.62. The highest BCUT2D eigenvalue weighted by Crippen LogP contribution is 2.17. The Morgan fingerprint density at radius 3 is 2.88 bits per heavy atom. The van der Waals surface area contributed by atoms with E-state index in [0.29, 0.717) is 0 Å². The van der Waals surface area contributed by atoms with Gasteiger partial charge < -0.3 is 5.32 Å². The van der Waals surface area contributed by atoms with E-state index in [4.69, 9.17) is 0 Å². The molecule has 0 saturated heterocycles. The Morgan fingerprint density at radius 1 is 1.59 bits per heavy atom. The molecule has 0 fully saturated rings. The number of thiophene rings is 1. The summed E-state index contributed by atoms with van der Waals surface area (Å²) in [5, 5.41) is 9.04. The first-order chi connectivity index (χ1) is 8.09. The molecule has 1 N–H and O–H groups in total. The summed E-state index contributed by atoms with van der Waals surface area (Å²) in [5.74, 6) is -0.0317. The van der Waals surface area contributed by atoms with Crippen molar-refractivity contribution >= 4 is 17.2 Å². The normalized spacial score (nSPS) is 12.4. The predicted octanol–water partition coefficient (Wildman–Crippen LogP) is 2.28. The van der Waals surface area contributed by atoms with Crippen LogP contribution in [0.3, 0.4) is 0 Å². The van der Waals surface area contributed by atoms with E-state index in [0.717, 1.165) is 16.1 Å². The van der Waals surface area contributed by atoms with E-state index in [-0.39, 0.29) is 11.9 Å². The topological polar surface area (TPSA) is 46.9 Å². The molecule has 0 unspecified atom stereocenters.